The van der Waals surface area contributed by atoms with Gasteiger partial charge in [0.15, 0.2) is 0 Å². The molecule has 1 aliphatic heterocycles. The second kappa shape index (κ2) is 6.37. The molecule has 5 nitrogen and oxygen atoms in total. The molecule has 28 heavy (non-hydrogen) atoms. The number of amides is 3. The van der Waals surface area contributed by atoms with Crippen LogP contribution >= 0.6 is 0 Å². The van der Waals surface area contributed by atoms with Crippen LogP contribution in [0, 0.1) is 16.7 Å². The van der Waals surface area contributed by atoms with E-state index in [2.05, 4.69) is 24.5 Å². The summed E-state index contributed by atoms with van der Waals surface area (Å²) in [5.74, 6) is 0.720. The fraction of sp³-hybridized carbons (Fsp3) is 0.913. The quantitative estimate of drug-likeness (QED) is 0.770. The molecule has 0 unspecified atom stereocenters. The first-order valence-electron chi connectivity index (χ1n) is 11.8. The summed E-state index contributed by atoms with van der Waals surface area (Å²) < 4.78 is 0. The maximum Gasteiger partial charge on any atom is 0.318 e. The van der Waals surface area contributed by atoms with Gasteiger partial charge in [0.05, 0.1) is 0 Å². The lowest BCUT2D eigenvalue weighted by Crippen LogP contribution is -2.66. The molecule has 2 N–H and O–H groups in total. The van der Waals surface area contributed by atoms with E-state index >= 15 is 0 Å². The number of nitrogens with zero attached hydrogens (tertiary/aromatic N) is 1. The standard InChI is InChI=1S/C23H37N3O2/c1-21-15-26(20(28)25-18-8-4-3-5-9-18)23(14-16(21)12-13-22(21,23)2)19(27)24-17-10-6-7-11-17/h16-18H,3-15H2,1-2H3,(H,24,27)(H,25,28)/t16-,21-,22+,23-/m1/s1. The van der Waals surface area contributed by atoms with Crippen LogP contribution in [0.5, 0.6) is 0 Å². The zero-order chi connectivity index (χ0) is 19.6. The molecule has 3 amide bonds. The Balaban J connectivity index is 1.43. The van der Waals surface area contributed by atoms with Gasteiger partial charge in [-0.1, -0.05) is 46.0 Å². The van der Waals surface area contributed by atoms with Crippen LogP contribution in [0.25, 0.3) is 0 Å². The van der Waals surface area contributed by atoms with Crippen LogP contribution in [0.3, 0.4) is 0 Å². The van der Waals surface area contributed by atoms with Crippen molar-refractivity contribution in [3.63, 3.8) is 0 Å². The number of carbonyl (C=O) groups excluding carboxylic acids is 2. The average molecular weight is 388 g/mol. The summed E-state index contributed by atoms with van der Waals surface area (Å²) in [4.78, 5) is 29.2. The van der Waals surface area contributed by atoms with Gasteiger partial charge >= 0.3 is 6.03 Å². The van der Waals surface area contributed by atoms with Gasteiger partial charge in [-0.2, -0.15) is 0 Å². The van der Waals surface area contributed by atoms with E-state index in [1.165, 1.54) is 38.5 Å². The Morgan fingerprint density at radius 2 is 1.46 bits per heavy atom. The monoisotopic (exact) mass is 387 g/mol. The molecule has 1 heterocycles. The van der Waals surface area contributed by atoms with Gasteiger partial charge in [0.2, 0.25) is 5.91 Å². The Morgan fingerprint density at radius 1 is 0.857 bits per heavy atom. The fourth-order valence-electron chi connectivity index (χ4n) is 7.87. The van der Waals surface area contributed by atoms with Crippen LogP contribution in [0.4, 0.5) is 4.79 Å². The molecule has 1 saturated heterocycles. The van der Waals surface area contributed by atoms with E-state index in [1.54, 1.807) is 0 Å². The Hall–Kier alpha value is -1.26. The summed E-state index contributed by atoms with van der Waals surface area (Å²) in [6, 6.07) is 0.608. The van der Waals surface area contributed by atoms with E-state index in [9.17, 15) is 9.59 Å². The van der Waals surface area contributed by atoms with E-state index in [0.717, 1.165) is 45.1 Å². The smallest absolute Gasteiger partial charge is 0.318 e. The van der Waals surface area contributed by atoms with Crippen molar-refractivity contribution in [1.82, 2.24) is 15.5 Å². The third kappa shape index (κ3) is 2.31. The second-order valence-electron chi connectivity index (χ2n) is 10.9. The van der Waals surface area contributed by atoms with Crippen LogP contribution in [-0.4, -0.2) is 41.0 Å². The molecule has 0 aromatic heterocycles. The van der Waals surface area contributed by atoms with Crippen molar-refractivity contribution in [2.24, 2.45) is 16.7 Å². The van der Waals surface area contributed by atoms with Crippen LogP contribution < -0.4 is 10.6 Å². The SMILES string of the molecule is C[C@@]12CC[C@@H]3C[C@]1(C(=O)NC1CCCC1)N(C(=O)NC1CCCCC1)C[C@]32C. The van der Waals surface area contributed by atoms with Gasteiger partial charge in [-0.05, 0) is 56.3 Å². The molecule has 0 spiro atoms. The van der Waals surface area contributed by atoms with Crippen molar-refractivity contribution in [3.05, 3.63) is 0 Å². The fourth-order valence-corrected chi connectivity index (χ4v) is 7.87. The summed E-state index contributed by atoms with van der Waals surface area (Å²) in [6.45, 7) is 5.40. The third-order valence-electron chi connectivity index (χ3n) is 9.80. The van der Waals surface area contributed by atoms with Crippen LogP contribution in [0.1, 0.15) is 90.9 Å². The number of piperidine rings is 1. The predicted octanol–water partition coefficient (Wildman–Crippen LogP) is 3.97. The number of carbonyl (C=O) groups is 2. The zero-order valence-corrected chi connectivity index (χ0v) is 17.7. The lowest BCUT2D eigenvalue weighted by Gasteiger charge is -2.47. The molecule has 156 valence electrons. The number of hydrogen-bond donors (Lipinski definition) is 2. The van der Waals surface area contributed by atoms with E-state index < -0.39 is 5.54 Å². The summed E-state index contributed by atoms with van der Waals surface area (Å²) in [7, 11) is 0. The van der Waals surface area contributed by atoms with E-state index in [1.807, 2.05) is 4.90 Å². The molecule has 5 fully saturated rings. The largest absolute Gasteiger partial charge is 0.351 e. The molecule has 0 aromatic carbocycles. The van der Waals surface area contributed by atoms with E-state index in [4.69, 9.17) is 0 Å². The number of nitrogens with one attached hydrogen (secondary N) is 2. The summed E-state index contributed by atoms with van der Waals surface area (Å²) in [6.07, 6.45) is 13.6. The highest BCUT2D eigenvalue weighted by molar-refractivity contribution is 5.94. The van der Waals surface area contributed by atoms with Crippen LogP contribution in [-0.2, 0) is 4.79 Å². The zero-order valence-electron chi connectivity index (χ0n) is 17.7. The minimum Gasteiger partial charge on any atom is -0.351 e. The van der Waals surface area contributed by atoms with E-state index in [0.29, 0.717) is 12.0 Å². The molecular weight excluding hydrogens is 350 g/mol. The molecular formula is C23H37N3O2. The van der Waals surface area contributed by atoms with Crippen molar-refractivity contribution in [1.29, 1.82) is 0 Å². The van der Waals surface area contributed by atoms with Crippen LogP contribution in [0.2, 0.25) is 0 Å². The lowest BCUT2D eigenvalue weighted by atomic mass is 9.65. The Labute approximate surface area is 169 Å². The Morgan fingerprint density at radius 3 is 2.11 bits per heavy atom. The first kappa shape index (κ1) is 18.7. The topological polar surface area (TPSA) is 61.4 Å². The lowest BCUT2D eigenvalue weighted by molar-refractivity contribution is -0.137. The van der Waals surface area contributed by atoms with E-state index in [-0.39, 0.29) is 28.8 Å². The summed E-state index contributed by atoms with van der Waals surface area (Å²) >= 11 is 0. The first-order chi connectivity index (χ1) is 13.4. The molecule has 4 saturated carbocycles. The number of likely N-dealkylation sites (tertiary alicyclic amines) is 1. The van der Waals surface area contributed by atoms with Crippen molar-refractivity contribution in [2.45, 2.75) is 109 Å². The molecule has 5 rings (SSSR count). The summed E-state index contributed by atoms with van der Waals surface area (Å²) in [5, 5.41) is 6.71. The molecule has 4 bridgehead atoms. The number of hydrogen-bond acceptors (Lipinski definition) is 2. The maximum absolute atomic E-state index is 13.8. The van der Waals surface area contributed by atoms with Gasteiger partial charge in [0.25, 0.3) is 0 Å². The minimum atomic E-state index is -0.647. The molecule has 0 radical (unpaired) electrons. The Bertz CT molecular complexity index is 669. The van der Waals surface area contributed by atoms with Gasteiger partial charge in [0.1, 0.15) is 5.54 Å². The highest BCUT2D eigenvalue weighted by atomic mass is 16.2. The van der Waals surface area contributed by atoms with Gasteiger partial charge in [0, 0.05) is 24.0 Å². The molecule has 0 aromatic rings. The van der Waals surface area contributed by atoms with Crippen molar-refractivity contribution >= 4 is 11.9 Å². The average Bonchev–Trinajstić information content (AvgIpc) is 3.37. The number of rotatable bonds is 3. The normalized spacial score (nSPS) is 42.9. The van der Waals surface area contributed by atoms with Gasteiger partial charge < -0.3 is 15.5 Å². The van der Waals surface area contributed by atoms with Gasteiger partial charge in [-0.15, -0.1) is 0 Å². The van der Waals surface area contributed by atoms with Crippen LogP contribution in [0.15, 0.2) is 0 Å². The molecule has 5 heteroatoms. The van der Waals surface area contributed by atoms with Crippen molar-refractivity contribution < 1.29 is 9.59 Å². The third-order valence-corrected chi connectivity index (χ3v) is 9.80. The molecule has 5 aliphatic rings. The van der Waals surface area contributed by atoms with Gasteiger partial charge in [-0.3, -0.25) is 4.79 Å². The van der Waals surface area contributed by atoms with Gasteiger partial charge in [-0.25, -0.2) is 4.79 Å². The molecule has 4 aliphatic carbocycles. The van der Waals surface area contributed by atoms with Crippen molar-refractivity contribution in [3.8, 4) is 0 Å². The molecule has 4 atom stereocenters. The highest BCUT2D eigenvalue weighted by Gasteiger charge is 2.80. The first-order valence-corrected chi connectivity index (χ1v) is 11.8. The highest BCUT2D eigenvalue weighted by Crippen LogP contribution is 2.75. The Kier molecular flexibility index (Phi) is 4.26. The summed E-state index contributed by atoms with van der Waals surface area (Å²) in [5.41, 5.74) is -0.673. The number of urea groups is 1. The second-order valence-corrected chi connectivity index (χ2v) is 10.9. The van der Waals surface area contributed by atoms with Crippen molar-refractivity contribution in [2.75, 3.05) is 6.54 Å². The maximum atomic E-state index is 13.8. The predicted molar refractivity (Wildman–Crippen MR) is 109 cm³/mol. The minimum absolute atomic E-state index is 0.0174.